The van der Waals surface area contributed by atoms with Crippen molar-refractivity contribution in [3.05, 3.63) is 41.8 Å². The van der Waals surface area contributed by atoms with E-state index in [4.69, 9.17) is 14.9 Å². The summed E-state index contributed by atoms with van der Waals surface area (Å²) in [6, 6.07) is 3.87. The maximum atomic E-state index is 13.6. The molecule has 0 spiro atoms. The lowest BCUT2D eigenvalue weighted by molar-refractivity contribution is 0.0595. The van der Waals surface area contributed by atoms with Crippen LogP contribution >= 0.6 is 0 Å². The van der Waals surface area contributed by atoms with Crippen molar-refractivity contribution in [3.63, 3.8) is 0 Å². The number of halogens is 1. The van der Waals surface area contributed by atoms with Gasteiger partial charge in [0.15, 0.2) is 11.5 Å². The fraction of sp³-hybridized carbons (Fsp3) is 0.294. The van der Waals surface area contributed by atoms with Crippen LogP contribution in [0.5, 0.6) is 0 Å². The predicted octanol–water partition coefficient (Wildman–Crippen LogP) is 3.40. The number of benzene rings is 1. The van der Waals surface area contributed by atoms with E-state index in [1.54, 1.807) is 12.3 Å². The van der Waals surface area contributed by atoms with Crippen molar-refractivity contribution in [2.75, 3.05) is 7.11 Å². The molecular weight excluding hydrogens is 313 g/mol. The Morgan fingerprint density at radius 1 is 1.42 bits per heavy atom. The Morgan fingerprint density at radius 3 is 2.83 bits per heavy atom. The zero-order valence-corrected chi connectivity index (χ0v) is 13.6. The molecule has 0 saturated heterocycles. The molecule has 3 N–H and O–H groups in total. The van der Waals surface area contributed by atoms with Gasteiger partial charge in [0.25, 0.3) is 0 Å². The number of aromatic nitrogens is 2. The Bertz CT molecular complexity index is 898. The largest absolute Gasteiger partial charge is 0.464 e. The Labute approximate surface area is 137 Å². The molecule has 1 unspecified atom stereocenters. The highest BCUT2D eigenvalue weighted by Gasteiger charge is 2.27. The molecule has 24 heavy (non-hydrogen) atoms. The minimum Gasteiger partial charge on any atom is -0.464 e. The van der Waals surface area contributed by atoms with Crippen LogP contribution in [0.4, 0.5) is 4.39 Å². The van der Waals surface area contributed by atoms with Crippen LogP contribution in [0.25, 0.3) is 22.2 Å². The number of carbonyl (C=O) groups is 1. The van der Waals surface area contributed by atoms with E-state index in [1.165, 1.54) is 19.2 Å². The van der Waals surface area contributed by atoms with Gasteiger partial charge in [0, 0.05) is 22.7 Å². The van der Waals surface area contributed by atoms with Crippen LogP contribution in [-0.4, -0.2) is 23.0 Å². The van der Waals surface area contributed by atoms with Crippen molar-refractivity contribution in [2.24, 2.45) is 11.7 Å². The topological polar surface area (TPSA) is 94.1 Å². The highest BCUT2D eigenvalue weighted by Crippen LogP contribution is 2.34. The number of H-pyrrole nitrogens is 1. The molecule has 0 fully saturated rings. The van der Waals surface area contributed by atoms with E-state index in [2.05, 4.69) is 9.97 Å². The molecule has 0 bridgehead atoms. The van der Waals surface area contributed by atoms with Crippen molar-refractivity contribution >= 4 is 16.9 Å². The van der Waals surface area contributed by atoms with Crippen molar-refractivity contribution in [1.29, 1.82) is 0 Å². The van der Waals surface area contributed by atoms with E-state index in [1.807, 2.05) is 13.8 Å². The monoisotopic (exact) mass is 331 g/mol. The number of nitrogens with one attached hydrogen (secondary N) is 1. The van der Waals surface area contributed by atoms with Gasteiger partial charge in [-0.1, -0.05) is 13.8 Å². The van der Waals surface area contributed by atoms with Gasteiger partial charge in [-0.15, -0.1) is 0 Å². The minimum atomic E-state index is -0.637. The van der Waals surface area contributed by atoms with E-state index in [0.29, 0.717) is 16.5 Å². The first-order chi connectivity index (χ1) is 11.4. The number of nitrogens with zero attached hydrogens (tertiary/aromatic N) is 1. The minimum absolute atomic E-state index is 0.0220. The third-order valence-corrected chi connectivity index (χ3v) is 3.91. The summed E-state index contributed by atoms with van der Waals surface area (Å²) in [7, 11) is 1.26. The number of aromatic amines is 1. The molecule has 0 radical (unpaired) electrons. The van der Waals surface area contributed by atoms with Gasteiger partial charge in [-0.25, -0.2) is 14.2 Å². The molecule has 1 aromatic carbocycles. The molecule has 0 saturated carbocycles. The number of methoxy groups -OCH3 is 1. The number of hydrogen-bond acceptors (Lipinski definition) is 5. The number of ether oxygens (including phenoxy) is 1. The Kier molecular flexibility index (Phi) is 4.11. The second kappa shape index (κ2) is 6.09. The first-order valence-electron chi connectivity index (χ1n) is 7.54. The molecule has 0 aliphatic heterocycles. The third-order valence-electron chi connectivity index (χ3n) is 3.91. The summed E-state index contributed by atoms with van der Waals surface area (Å²) in [5, 5.41) is 0.584. The van der Waals surface area contributed by atoms with Crippen LogP contribution in [0.2, 0.25) is 0 Å². The number of oxazole rings is 1. The number of fused-ring (bicyclic) bond motifs is 1. The second-order valence-corrected chi connectivity index (χ2v) is 5.88. The summed E-state index contributed by atoms with van der Waals surface area (Å²) in [5.74, 6) is -0.498. The van der Waals surface area contributed by atoms with Gasteiger partial charge >= 0.3 is 5.97 Å². The summed E-state index contributed by atoms with van der Waals surface area (Å²) in [6.45, 7) is 3.85. The zero-order chi connectivity index (χ0) is 17.4. The standard InChI is InChI=1S/C17H18FN3O3/c1-8(2)13(19)16-21-14(17(22)23-3)15(24-16)11-7-20-12-5-4-9(18)6-10(11)12/h4-8,13,20H,19H2,1-3H3. The number of rotatable bonds is 4. The third kappa shape index (κ3) is 2.67. The number of esters is 1. The first-order valence-corrected chi connectivity index (χ1v) is 7.54. The summed E-state index contributed by atoms with van der Waals surface area (Å²) < 4.78 is 24.2. The predicted molar refractivity (Wildman–Crippen MR) is 86.9 cm³/mol. The van der Waals surface area contributed by atoms with Crippen molar-refractivity contribution in [1.82, 2.24) is 9.97 Å². The normalized spacial score (nSPS) is 12.8. The van der Waals surface area contributed by atoms with E-state index in [-0.39, 0.29) is 29.1 Å². The Balaban J connectivity index is 2.21. The Morgan fingerprint density at radius 2 is 2.17 bits per heavy atom. The quantitative estimate of drug-likeness (QED) is 0.715. The van der Waals surface area contributed by atoms with Crippen LogP contribution in [0.3, 0.4) is 0 Å². The fourth-order valence-corrected chi connectivity index (χ4v) is 2.46. The molecule has 0 amide bonds. The molecule has 0 aliphatic rings. The molecule has 6 nitrogen and oxygen atoms in total. The zero-order valence-electron chi connectivity index (χ0n) is 13.6. The SMILES string of the molecule is COC(=O)c1nc(C(N)C(C)C)oc1-c1c[nH]c2ccc(F)cc12. The lowest BCUT2D eigenvalue weighted by atomic mass is 10.1. The van der Waals surface area contributed by atoms with Crippen LogP contribution in [0, 0.1) is 11.7 Å². The van der Waals surface area contributed by atoms with E-state index >= 15 is 0 Å². The first kappa shape index (κ1) is 16.2. The highest BCUT2D eigenvalue weighted by molar-refractivity contribution is 6.01. The fourth-order valence-electron chi connectivity index (χ4n) is 2.46. The Hall–Kier alpha value is -2.67. The average Bonchev–Trinajstić information content (AvgIpc) is 3.16. The lowest BCUT2D eigenvalue weighted by Crippen LogP contribution is -2.17. The van der Waals surface area contributed by atoms with Gasteiger partial charge in [0.1, 0.15) is 5.82 Å². The lowest BCUT2D eigenvalue weighted by Gasteiger charge is -2.10. The number of nitrogens with two attached hydrogens (primary N) is 1. The molecule has 3 rings (SSSR count). The van der Waals surface area contributed by atoms with Crippen molar-refractivity contribution in [2.45, 2.75) is 19.9 Å². The van der Waals surface area contributed by atoms with Crippen LogP contribution < -0.4 is 5.73 Å². The number of carbonyl (C=O) groups excluding carboxylic acids is 1. The van der Waals surface area contributed by atoms with Gasteiger partial charge < -0.3 is 19.9 Å². The smallest absolute Gasteiger partial charge is 0.360 e. The van der Waals surface area contributed by atoms with Crippen LogP contribution in [0.15, 0.2) is 28.8 Å². The molecule has 1 atom stereocenters. The molecule has 2 aromatic heterocycles. The molecule has 7 heteroatoms. The molecule has 3 aromatic rings. The van der Waals surface area contributed by atoms with Crippen LogP contribution in [-0.2, 0) is 4.74 Å². The van der Waals surface area contributed by atoms with Crippen LogP contribution in [0.1, 0.15) is 36.3 Å². The maximum absolute atomic E-state index is 13.6. The summed E-state index contributed by atoms with van der Waals surface area (Å²) in [5.41, 5.74) is 7.34. The van der Waals surface area contributed by atoms with Gasteiger partial charge in [-0.2, -0.15) is 0 Å². The van der Waals surface area contributed by atoms with Gasteiger partial charge in [-0.05, 0) is 24.1 Å². The van der Waals surface area contributed by atoms with Gasteiger partial charge in [-0.3, -0.25) is 0 Å². The molecule has 0 aliphatic carbocycles. The second-order valence-electron chi connectivity index (χ2n) is 5.88. The number of hydrogen-bond donors (Lipinski definition) is 2. The maximum Gasteiger partial charge on any atom is 0.360 e. The molecule has 126 valence electrons. The molecule has 2 heterocycles. The molecular formula is C17H18FN3O3. The highest BCUT2D eigenvalue weighted by atomic mass is 19.1. The van der Waals surface area contributed by atoms with E-state index in [9.17, 15) is 9.18 Å². The van der Waals surface area contributed by atoms with E-state index < -0.39 is 12.0 Å². The summed E-state index contributed by atoms with van der Waals surface area (Å²) >= 11 is 0. The summed E-state index contributed by atoms with van der Waals surface area (Å²) in [4.78, 5) is 19.3. The summed E-state index contributed by atoms with van der Waals surface area (Å²) in [6.07, 6.45) is 1.64. The van der Waals surface area contributed by atoms with Crippen molar-refractivity contribution < 1.29 is 18.3 Å². The average molecular weight is 331 g/mol. The van der Waals surface area contributed by atoms with Gasteiger partial charge in [0.05, 0.1) is 13.2 Å². The van der Waals surface area contributed by atoms with E-state index in [0.717, 1.165) is 0 Å². The van der Waals surface area contributed by atoms with Crippen molar-refractivity contribution in [3.8, 4) is 11.3 Å². The van der Waals surface area contributed by atoms with Gasteiger partial charge in [0.2, 0.25) is 5.89 Å².